The number of allylic oxidation sites excluding steroid dienone is 2. The number of carbonyl (C=O) groups excluding carboxylic acids is 5. The highest BCUT2D eigenvalue weighted by atomic mass is 16.5. The molecule has 3 aromatic rings. The number of rotatable bonds is 16. The molecule has 2 aromatic heterocycles. The van der Waals surface area contributed by atoms with Crippen LogP contribution in [0.1, 0.15) is 92.6 Å². The van der Waals surface area contributed by atoms with Gasteiger partial charge in [-0.05, 0) is 58.9 Å². The van der Waals surface area contributed by atoms with E-state index in [9.17, 15) is 24.0 Å². The van der Waals surface area contributed by atoms with Crippen LogP contribution >= 0.6 is 0 Å². The molecule has 0 atom stereocenters. The number of benzene rings is 1. The van der Waals surface area contributed by atoms with E-state index in [1.54, 1.807) is 7.11 Å². The first-order valence-corrected chi connectivity index (χ1v) is 20.3. The summed E-state index contributed by atoms with van der Waals surface area (Å²) in [6.45, 7) is 8.22. The van der Waals surface area contributed by atoms with Crippen molar-refractivity contribution in [3.8, 4) is 0 Å². The van der Waals surface area contributed by atoms with Crippen molar-refractivity contribution in [1.29, 1.82) is 0 Å². The largest absolute Gasteiger partial charge is 0.484 e. The van der Waals surface area contributed by atoms with Gasteiger partial charge in [0.05, 0.1) is 54.1 Å². The molecule has 15 nitrogen and oxygen atoms in total. The average Bonchev–Trinajstić information content (AvgIpc) is 3.93. The quantitative estimate of drug-likeness (QED) is 0.113. The molecule has 15 heteroatoms. The Balaban J connectivity index is 1.74. The van der Waals surface area contributed by atoms with Crippen LogP contribution in [0.25, 0.3) is 18.2 Å². The van der Waals surface area contributed by atoms with E-state index in [-0.39, 0.29) is 45.1 Å². The summed E-state index contributed by atoms with van der Waals surface area (Å²) in [7, 11) is 6.80. The summed E-state index contributed by atoms with van der Waals surface area (Å²) in [5, 5.41) is 1.08. The van der Waals surface area contributed by atoms with Gasteiger partial charge in [-0.25, -0.2) is 9.79 Å². The zero-order valence-corrected chi connectivity index (χ0v) is 36.9. The normalized spacial score (nSPS) is 17.2. The van der Waals surface area contributed by atoms with E-state index in [4.69, 9.17) is 38.4 Å². The summed E-state index contributed by atoms with van der Waals surface area (Å²) >= 11 is 0. The zero-order valence-electron chi connectivity index (χ0n) is 36.9. The number of esters is 5. The van der Waals surface area contributed by atoms with Gasteiger partial charge in [0.2, 0.25) is 0 Å². The van der Waals surface area contributed by atoms with Crippen molar-refractivity contribution in [2.45, 2.75) is 85.7 Å². The molecule has 5 rings (SSSR count). The van der Waals surface area contributed by atoms with E-state index >= 15 is 0 Å². The van der Waals surface area contributed by atoms with Gasteiger partial charge in [-0.15, -0.1) is 0 Å². The second kappa shape index (κ2) is 20.4. The van der Waals surface area contributed by atoms with E-state index < -0.39 is 40.7 Å². The minimum atomic E-state index is -0.528. The van der Waals surface area contributed by atoms with Gasteiger partial charge in [0, 0.05) is 76.1 Å². The van der Waals surface area contributed by atoms with Crippen LogP contribution in [-0.4, -0.2) is 87.0 Å². The molecule has 0 unspecified atom stereocenters. The van der Waals surface area contributed by atoms with Gasteiger partial charge in [-0.3, -0.25) is 24.2 Å². The van der Waals surface area contributed by atoms with E-state index in [1.165, 1.54) is 34.5 Å². The maximum Gasteiger partial charge on any atom is 0.332 e. The Hall–Kier alpha value is -6.51. The van der Waals surface area contributed by atoms with Crippen molar-refractivity contribution >= 4 is 59.7 Å². The Labute approximate surface area is 361 Å². The highest BCUT2D eigenvalue weighted by Gasteiger charge is 2.34. The van der Waals surface area contributed by atoms with Crippen molar-refractivity contribution in [2.24, 2.45) is 20.8 Å². The van der Waals surface area contributed by atoms with Crippen molar-refractivity contribution in [3.63, 3.8) is 0 Å². The number of methoxy groups -OCH3 is 5. The van der Waals surface area contributed by atoms with Gasteiger partial charge in [0.25, 0.3) is 0 Å². The predicted molar refractivity (Wildman–Crippen MR) is 232 cm³/mol. The molecular weight excluding hydrogens is 797 g/mol. The zero-order chi connectivity index (χ0) is 45.2. The van der Waals surface area contributed by atoms with Crippen molar-refractivity contribution < 1.29 is 52.4 Å². The summed E-state index contributed by atoms with van der Waals surface area (Å²) in [5.74, 6) is -1.84. The van der Waals surface area contributed by atoms with Gasteiger partial charge < -0.3 is 38.4 Å². The third kappa shape index (κ3) is 11.6. The van der Waals surface area contributed by atoms with E-state index in [1.807, 2.05) is 76.3 Å². The van der Waals surface area contributed by atoms with Gasteiger partial charge in [-0.2, -0.15) is 0 Å². The lowest BCUT2D eigenvalue weighted by atomic mass is 9.85. The van der Waals surface area contributed by atoms with E-state index in [0.29, 0.717) is 74.5 Å². The van der Waals surface area contributed by atoms with Crippen LogP contribution in [0.2, 0.25) is 0 Å². The van der Waals surface area contributed by atoms with Gasteiger partial charge in [0.1, 0.15) is 6.61 Å². The molecule has 330 valence electrons. The van der Waals surface area contributed by atoms with Crippen LogP contribution in [-0.2, 0) is 84.7 Å². The molecule has 0 saturated carbocycles. The van der Waals surface area contributed by atoms with E-state index in [2.05, 4.69) is 9.97 Å². The molecule has 0 bridgehead atoms. The average molecular weight is 853 g/mol. The van der Waals surface area contributed by atoms with Gasteiger partial charge in [-0.1, -0.05) is 58.0 Å². The van der Waals surface area contributed by atoms with Crippen LogP contribution in [0, 0.1) is 10.8 Å². The molecule has 1 aromatic carbocycles. The fraction of sp³-hybridized carbons (Fsp3) is 0.426. The number of aromatic nitrogens is 2. The first-order valence-electron chi connectivity index (χ1n) is 20.3. The van der Waals surface area contributed by atoms with Crippen LogP contribution < -0.4 is 10.7 Å². The second-order valence-electron chi connectivity index (χ2n) is 16.4. The van der Waals surface area contributed by atoms with Gasteiger partial charge in [0.15, 0.2) is 5.90 Å². The van der Waals surface area contributed by atoms with E-state index in [0.717, 1.165) is 11.3 Å². The Morgan fingerprint density at radius 1 is 0.645 bits per heavy atom. The first kappa shape index (κ1) is 46.6. The predicted octanol–water partition coefficient (Wildman–Crippen LogP) is 4.91. The standard InChI is InChI=1S/C47H56N4O11/c1-46(2)25-29(19-45(56)62-27-28-13-11-10-12-14-28)48-38(46)23-36-32(20-43(54)60-8)30(15-17-41(52)58-6)34(49-36)22-35-31(16-18-42(53)59-7)33(21-44(55)61-9)37(50-35)24-39-47(3,4)26-40(51-39)57-5/h10-14,19,22-24,49-50H,15-18,20-21,25-27H2,1-9H3/b29-19+,34-22-,36-23-,39-24-. The first-order chi connectivity index (χ1) is 29.5. The van der Waals surface area contributed by atoms with Crippen molar-refractivity contribution in [1.82, 2.24) is 9.97 Å². The monoisotopic (exact) mass is 852 g/mol. The molecule has 0 fully saturated rings. The molecule has 0 spiro atoms. The maximum atomic E-state index is 13.1. The Kier molecular flexibility index (Phi) is 15.3. The van der Waals surface area contributed by atoms with Crippen LogP contribution in [0.4, 0.5) is 0 Å². The summed E-state index contributed by atoms with van der Waals surface area (Å²) < 4.78 is 31.2. The van der Waals surface area contributed by atoms with Gasteiger partial charge >= 0.3 is 29.8 Å². The molecule has 2 N–H and O–H groups in total. The highest BCUT2D eigenvalue weighted by molar-refractivity contribution is 6.15. The number of hydrogen-bond donors (Lipinski definition) is 2. The Morgan fingerprint density at radius 3 is 1.82 bits per heavy atom. The molecule has 2 aliphatic heterocycles. The number of H-pyrrole nitrogens is 2. The number of aliphatic imine (C=N–C) groups is 2. The molecule has 0 radical (unpaired) electrons. The summed E-state index contributed by atoms with van der Waals surface area (Å²) in [5.41, 5.74) is 5.44. The molecule has 2 aliphatic rings. The lowest BCUT2D eigenvalue weighted by molar-refractivity contribution is -0.141. The SMILES string of the molecule is COC(=O)CCc1c(/C=c2\[nH]/c(=C\C3=NC(=C/C(=O)OCc4ccccc4)/CC3(C)C)c(CC(=O)OC)c2CCC(=O)OC)[nH]c(/C=C2\N=C(OC)CC2(C)C)c1CC(=O)OC. The van der Waals surface area contributed by atoms with Crippen LogP contribution in [0.3, 0.4) is 0 Å². The van der Waals surface area contributed by atoms with Crippen LogP contribution in [0.5, 0.6) is 0 Å². The lowest BCUT2D eigenvalue weighted by Gasteiger charge is -2.17. The Bertz CT molecular complexity index is 2450. The molecular formula is C47H56N4O11. The smallest absolute Gasteiger partial charge is 0.332 e. The number of hydrogen-bond acceptors (Lipinski definition) is 13. The van der Waals surface area contributed by atoms with Crippen LogP contribution in [0.15, 0.2) is 57.8 Å². The number of carbonyl (C=O) groups is 5. The number of aromatic amines is 2. The Morgan fingerprint density at radius 2 is 1.23 bits per heavy atom. The summed E-state index contributed by atoms with van der Waals surface area (Å²) in [6.07, 6.45) is 8.07. The maximum absolute atomic E-state index is 13.1. The topological polar surface area (TPSA) is 197 Å². The molecule has 0 aliphatic carbocycles. The molecule has 62 heavy (non-hydrogen) atoms. The minimum Gasteiger partial charge on any atom is -0.484 e. The van der Waals surface area contributed by atoms with Crippen molar-refractivity contribution in [3.05, 3.63) is 97.7 Å². The fourth-order valence-electron chi connectivity index (χ4n) is 7.46. The number of nitrogens with zero attached hydrogens (tertiary/aromatic N) is 2. The number of ether oxygens (including phenoxy) is 6. The highest BCUT2D eigenvalue weighted by Crippen LogP contribution is 2.40. The van der Waals surface area contributed by atoms with Crippen molar-refractivity contribution in [2.75, 3.05) is 35.5 Å². The molecule has 4 heterocycles. The fourth-order valence-corrected chi connectivity index (χ4v) is 7.46. The third-order valence-electron chi connectivity index (χ3n) is 11.0. The second-order valence-corrected chi connectivity index (χ2v) is 16.4. The third-order valence-corrected chi connectivity index (χ3v) is 11.0. The molecule has 0 amide bonds. The minimum absolute atomic E-state index is 0.00694. The number of nitrogens with one attached hydrogen (secondary N) is 2. The summed E-state index contributed by atoms with van der Waals surface area (Å²) in [6, 6.07) is 9.38. The molecule has 0 saturated heterocycles. The summed E-state index contributed by atoms with van der Waals surface area (Å²) in [4.78, 5) is 80.6. The lowest BCUT2D eigenvalue weighted by Crippen LogP contribution is -2.23.